The Hall–Kier alpha value is -0.900. The first kappa shape index (κ1) is 12.6. The van der Waals surface area contributed by atoms with Crippen LogP contribution in [0.2, 0.25) is 5.02 Å². The molecule has 92 valence electrons. The Bertz CT molecular complexity index is 408. The molecule has 1 saturated heterocycles. The van der Waals surface area contributed by atoms with Gasteiger partial charge >= 0.3 is 0 Å². The van der Waals surface area contributed by atoms with Gasteiger partial charge < -0.3 is 4.74 Å². The van der Waals surface area contributed by atoms with E-state index in [1.807, 2.05) is 12.1 Å². The lowest BCUT2D eigenvalue weighted by molar-refractivity contribution is 0.00201. The average Bonchev–Trinajstić information content (AvgIpc) is 2.32. The number of hydrogen-bond acceptors (Lipinski definition) is 3. The van der Waals surface area contributed by atoms with Crippen LogP contribution in [0.15, 0.2) is 24.3 Å². The Morgan fingerprint density at radius 3 is 3.00 bits per heavy atom. The van der Waals surface area contributed by atoms with Gasteiger partial charge in [-0.25, -0.2) is 0 Å². The van der Waals surface area contributed by atoms with Crippen molar-refractivity contribution in [1.29, 1.82) is 0 Å². The van der Waals surface area contributed by atoms with Gasteiger partial charge in [-0.05, 0) is 19.1 Å². The number of hydrogen-bond donors (Lipinski definition) is 0. The number of carbonyl (C=O) groups is 1. The number of Topliss-reactive ketones (excluding diaryl/α,β-unsaturated/α-hetero) is 1. The molecule has 0 radical (unpaired) electrons. The fraction of sp³-hybridized carbons (Fsp3) is 0.462. The van der Waals surface area contributed by atoms with Gasteiger partial charge in [-0.3, -0.25) is 9.69 Å². The largest absolute Gasteiger partial charge is 0.379 e. The topological polar surface area (TPSA) is 29.5 Å². The van der Waals surface area contributed by atoms with E-state index in [1.165, 1.54) is 0 Å². The van der Waals surface area contributed by atoms with E-state index in [1.54, 1.807) is 12.1 Å². The first-order valence-corrected chi connectivity index (χ1v) is 6.16. The van der Waals surface area contributed by atoms with Crippen LogP contribution in [0.3, 0.4) is 0 Å². The third kappa shape index (κ3) is 3.06. The SMILES string of the molecule is CC1COCCN1CC(=O)c1ccccc1Cl. The molecule has 1 atom stereocenters. The highest BCUT2D eigenvalue weighted by Crippen LogP contribution is 2.17. The number of carbonyl (C=O) groups excluding carboxylic acids is 1. The summed E-state index contributed by atoms with van der Waals surface area (Å²) < 4.78 is 5.34. The highest BCUT2D eigenvalue weighted by atomic mass is 35.5. The van der Waals surface area contributed by atoms with E-state index in [0.29, 0.717) is 30.3 Å². The Morgan fingerprint density at radius 1 is 1.53 bits per heavy atom. The van der Waals surface area contributed by atoms with Crippen molar-refractivity contribution in [3.8, 4) is 0 Å². The molecule has 1 aliphatic heterocycles. The summed E-state index contributed by atoms with van der Waals surface area (Å²) in [5, 5.41) is 0.526. The van der Waals surface area contributed by atoms with Crippen LogP contribution in [-0.4, -0.2) is 43.0 Å². The van der Waals surface area contributed by atoms with E-state index >= 15 is 0 Å². The van der Waals surface area contributed by atoms with E-state index < -0.39 is 0 Å². The van der Waals surface area contributed by atoms with Crippen molar-refractivity contribution in [2.24, 2.45) is 0 Å². The molecule has 1 aromatic rings. The van der Waals surface area contributed by atoms with Gasteiger partial charge in [-0.1, -0.05) is 23.7 Å². The fourth-order valence-corrected chi connectivity index (χ4v) is 2.19. The first-order valence-electron chi connectivity index (χ1n) is 5.78. The molecule has 2 rings (SSSR count). The van der Waals surface area contributed by atoms with E-state index in [-0.39, 0.29) is 11.8 Å². The van der Waals surface area contributed by atoms with Gasteiger partial charge in [0.1, 0.15) is 0 Å². The molecule has 4 heteroatoms. The lowest BCUT2D eigenvalue weighted by Crippen LogP contribution is -2.46. The molecule has 0 aromatic heterocycles. The minimum Gasteiger partial charge on any atom is -0.379 e. The molecule has 1 fully saturated rings. The molecule has 1 unspecified atom stereocenters. The standard InChI is InChI=1S/C13H16ClNO2/c1-10-9-17-7-6-15(10)8-13(16)11-4-2-3-5-12(11)14/h2-5,10H,6-9H2,1H3. The van der Waals surface area contributed by atoms with Crippen molar-refractivity contribution in [3.05, 3.63) is 34.9 Å². The normalized spacial score (nSPS) is 21.4. The zero-order valence-corrected chi connectivity index (χ0v) is 10.6. The molecule has 0 aliphatic carbocycles. The summed E-state index contributed by atoms with van der Waals surface area (Å²) in [5.41, 5.74) is 0.604. The van der Waals surface area contributed by atoms with Crippen LogP contribution in [0.5, 0.6) is 0 Å². The second-order valence-corrected chi connectivity index (χ2v) is 4.70. The van der Waals surface area contributed by atoms with Crippen LogP contribution in [-0.2, 0) is 4.74 Å². The molecule has 0 saturated carbocycles. The molecule has 1 aromatic carbocycles. The van der Waals surface area contributed by atoms with Crippen molar-refractivity contribution in [3.63, 3.8) is 0 Å². The second kappa shape index (κ2) is 5.63. The van der Waals surface area contributed by atoms with E-state index in [2.05, 4.69) is 11.8 Å². The summed E-state index contributed by atoms with van der Waals surface area (Å²) in [6.45, 7) is 4.67. The fourth-order valence-electron chi connectivity index (χ4n) is 1.95. The van der Waals surface area contributed by atoms with Crippen LogP contribution in [0.1, 0.15) is 17.3 Å². The minimum absolute atomic E-state index is 0.0735. The van der Waals surface area contributed by atoms with Crippen molar-refractivity contribution >= 4 is 17.4 Å². The average molecular weight is 254 g/mol. The van der Waals surface area contributed by atoms with Crippen LogP contribution in [0.25, 0.3) is 0 Å². The van der Waals surface area contributed by atoms with Crippen molar-refractivity contribution in [2.75, 3.05) is 26.3 Å². The van der Waals surface area contributed by atoms with Gasteiger partial charge in [0.2, 0.25) is 0 Å². The number of rotatable bonds is 3. The van der Waals surface area contributed by atoms with Gasteiger partial charge in [0.15, 0.2) is 5.78 Å². The molecular formula is C13H16ClNO2. The molecule has 0 bridgehead atoms. The summed E-state index contributed by atoms with van der Waals surface area (Å²) in [5.74, 6) is 0.0735. The Morgan fingerprint density at radius 2 is 2.29 bits per heavy atom. The van der Waals surface area contributed by atoms with E-state index in [0.717, 1.165) is 6.54 Å². The highest BCUT2D eigenvalue weighted by molar-refractivity contribution is 6.34. The zero-order valence-electron chi connectivity index (χ0n) is 9.86. The molecular weight excluding hydrogens is 238 g/mol. The van der Waals surface area contributed by atoms with Crippen LogP contribution in [0.4, 0.5) is 0 Å². The van der Waals surface area contributed by atoms with Gasteiger partial charge in [-0.2, -0.15) is 0 Å². The van der Waals surface area contributed by atoms with Crippen LogP contribution >= 0.6 is 11.6 Å². The summed E-state index contributed by atoms with van der Waals surface area (Å²) in [7, 11) is 0. The number of ether oxygens (including phenoxy) is 1. The molecule has 1 heterocycles. The number of morpholine rings is 1. The third-order valence-electron chi connectivity index (χ3n) is 3.03. The Balaban J connectivity index is 2.04. The maximum Gasteiger partial charge on any atom is 0.178 e. The van der Waals surface area contributed by atoms with Crippen LogP contribution < -0.4 is 0 Å². The predicted molar refractivity (Wildman–Crippen MR) is 67.6 cm³/mol. The van der Waals surface area contributed by atoms with E-state index in [4.69, 9.17) is 16.3 Å². The molecule has 1 aliphatic rings. The van der Waals surface area contributed by atoms with Crippen molar-refractivity contribution in [1.82, 2.24) is 4.90 Å². The number of benzene rings is 1. The number of ketones is 1. The highest BCUT2D eigenvalue weighted by Gasteiger charge is 2.22. The van der Waals surface area contributed by atoms with Gasteiger partial charge in [0, 0.05) is 18.2 Å². The third-order valence-corrected chi connectivity index (χ3v) is 3.36. The monoisotopic (exact) mass is 253 g/mol. The zero-order chi connectivity index (χ0) is 12.3. The molecule has 0 amide bonds. The molecule has 17 heavy (non-hydrogen) atoms. The second-order valence-electron chi connectivity index (χ2n) is 4.30. The molecule has 0 N–H and O–H groups in total. The number of halogens is 1. The van der Waals surface area contributed by atoms with Crippen LogP contribution in [0, 0.1) is 0 Å². The quantitative estimate of drug-likeness (QED) is 0.774. The number of nitrogens with zero attached hydrogens (tertiary/aromatic N) is 1. The van der Waals surface area contributed by atoms with Crippen molar-refractivity contribution in [2.45, 2.75) is 13.0 Å². The van der Waals surface area contributed by atoms with Gasteiger partial charge in [0.05, 0.1) is 24.8 Å². The van der Waals surface area contributed by atoms with Gasteiger partial charge in [-0.15, -0.1) is 0 Å². The summed E-state index contributed by atoms with van der Waals surface area (Å²) in [6.07, 6.45) is 0. The smallest absolute Gasteiger partial charge is 0.178 e. The summed E-state index contributed by atoms with van der Waals surface area (Å²) in [4.78, 5) is 14.2. The van der Waals surface area contributed by atoms with Crippen molar-refractivity contribution < 1.29 is 9.53 Å². The van der Waals surface area contributed by atoms with E-state index in [9.17, 15) is 4.79 Å². The lowest BCUT2D eigenvalue weighted by Gasteiger charge is -2.32. The minimum atomic E-state index is 0.0735. The molecule has 0 spiro atoms. The maximum atomic E-state index is 12.1. The Labute approximate surface area is 106 Å². The van der Waals surface area contributed by atoms with Gasteiger partial charge in [0.25, 0.3) is 0 Å². The first-order chi connectivity index (χ1) is 8.18. The molecule has 3 nitrogen and oxygen atoms in total. The summed E-state index contributed by atoms with van der Waals surface area (Å²) in [6, 6.07) is 7.47. The predicted octanol–water partition coefficient (Wildman–Crippen LogP) is 2.24. The Kier molecular flexibility index (Phi) is 4.15. The summed E-state index contributed by atoms with van der Waals surface area (Å²) >= 11 is 6.01. The maximum absolute atomic E-state index is 12.1. The lowest BCUT2D eigenvalue weighted by atomic mass is 10.1.